The Hall–Kier alpha value is -0.830. The highest BCUT2D eigenvalue weighted by Gasteiger charge is 2.58. The van der Waals surface area contributed by atoms with Crippen molar-refractivity contribution in [3.63, 3.8) is 0 Å². The molecule has 3 aliphatic rings. The molecular formula is C15H22O3. The van der Waals surface area contributed by atoms with Gasteiger partial charge in [0.1, 0.15) is 6.10 Å². The maximum Gasteiger partial charge on any atom is 0.309 e. The first-order valence-electron chi connectivity index (χ1n) is 7.01. The number of aliphatic hydroxyl groups excluding tert-OH is 1. The van der Waals surface area contributed by atoms with Crippen molar-refractivity contribution in [1.29, 1.82) is 0 Å². The molecule has 3 rings (SSSR count). The van der Waals surface area contributed by atoms with Crippen molar-refractivity contribution in [3.05, 3.63) is 12.2 Å². The van der Waals surface area contributed by atoms with Crippen molar-refractivity contribution in [2.75, 3.05) is 0 Å². The molecule has 0 radical (unpaired) electrons. The van der Waals surface area contributed by atoms with Gasteiger partial charge in [-0.25, -0.2) is 0 Å². The van der Waals surface area contributed by atoms with Crippen LogP contribution in [0.15, 0.2) is 12.2 Å². The molecule has 1 saturated heterocycles. The molecule has 0 unspecified atom stereocenters. The molecule has 0 bridgehead atoms. The largest absolute Gasteiger partial charge is 0.461 e. The van der Waals surface area contributed by atoms with Crippen LogP contribution < -0.4 is 0 Å². The standard InChI is InChI=1S/C15H22O3/c1-8-4-5-11(16)15(3)7-6-10-9(2)14(17)18-13(10)12(8)15/h9-13,16H,1,4-7H2,2-3H3/t9-,10+,11+,12-,13+,15+/m0/s1. The predicted molar refractivity (Wildman–Crippen MR) is 67.7 cm³/mol. The van der Waals surface area contributed by atoms with E-state index in [2.05, 4.69) is 13.5 Å². The minimum absolute atomic E-state index is 0.00594. The number of hydrogen-bond donors (Lipinski definition) is 1. The Balaban J connectivity index is 1.98. The average Bonchev–Trinajstić information content (AvgIpc) is 2.60. The Morgan fingerprint density at radius 2 is 2.17 bits per heavy atom. The Morgan fingerprint density at radius 1 is 1.44 bits per heavy atom. The number of ether oxygens (including phenoxy) is 1. The number of esters is 1. The summed E-state index contributed by atoms with van der Waals surface area (Å²) in [6, 6.07) is 0. The van der Waals surface area contributed by atoms with Gasteiger partial charge >= 0.3 is 5.97 Å². The number of rotatable bonds is 0. The van der Waals surface area contributed by atoms with Crippen LogP contribution in [0.5, 0.6) is 0 Å². The van der Waals surface area contributed by atoms with E-state index in [1.807, 2.05) is 6.92 Å². The first kappa shape index (κ1) is 12.2. The zero-order chi connectivity index (χ0) is 13.1. The molecule has 1 N–H and O–H groups in total. The second-order valence-electron chi connectivity index (χ2n) is 6.59. The topological polar surface area (TPSA) is 46.5 Å². The monoisotopic (exact) mass is 250 g/mol. The van der Waals surface area contributed by atoms with Gasteiger partial charge in [0.2, 0.25) is 0 Å². The molecule has 1 heterocycles. The molecule has 1 aliphatic heterocycles. The van der Waals surface area contributed by atoms with E-state index in [1.165, 1.54) is 5.57 Å². The Kier molecular flexibility index (Phi) is 2.60. The molecule has 3 nitrogen and oxygen atoms in total. The zero-order valence-corrected chi connectivity index (χ0v) is 11.2. The quantitative estimate of drug-likeness (QED) is 0.530. The summed E-state index contributed by atoms with van der Waals surface area (Å²) < 4.78 is 5.62. The highest BCUT2D eigenvalue weighted by atomic mass is 16.6. The van der Waals surface area contributed by atoms with Crippen molar-refractivity contribution in [2.24, 2.45) is 23.2 Å². The van der Waals surface area contributed by atoms with Gasteiger partial charge in [-0.15, -0.1) is 0 Å². The summed E-state index contributed by atoms with van der Waals surface area (Å²) in [7, 11) is 0. The molecule has 6 atom stereocenters. The predicted octanol–water partition coefficient (Wildman–Crippen LogP) is 2.29. The van der Waals surface area contributed by atoms with Gasteiger partial charge in [0.05, 0.1) is 12.0 Å². The van der Waals surface area contributed by atoms with Gasteiger partial charge in [-0.3, -0.25) is 4.79 Å². The number of fused-ring (bicyclic) bond motifs is 3. The molecule has 100 valence electrons. The third-order valence-corrected chi connectivity index (χ3v) is 5.68. The fraction of sp³-hybridized carbons (Fsp3) is 0.800. The van der Waals surface area contributed by atoms with Crippen LogP contribution in [-0.2, 0) is 9.53 Å². The lowest BCUT2D eigenvalue weighted by Crippen LogP contribution is -2.53. The molecule has 0 aromatic heterocycles. The van der Waals surface area contributed by atoms with Crippen molar-refractivity contribution in [1.82, 2.24) is 0 Å². The lowest BCUT2D eigenvalue weighted by molar-refractivity contribution is -0.152. The summed E-state index contributed by atoms with van der Waals surface area (Å²) in [5.74, 6) is 0.403. The molecule has 3 heteroatoms. The maximum atomic E-state index is 11.8. The lowest BCUT2D eigenvalue weighted by atomic mass is 9.54. The van der Waals surface area contributed by atoms with Gasteiger partial charge in [-0.05, 0) is 25.7 Å². The highest BCUT2D eigenvalue weighted by molar-refractivity contribution is 5.75. The molecule has 18 heavy (non-hydrogen) atoms. The van der Waals surface area contributed by atoms with Crippen LogP contribution in [-0.4, -0.2) is 23.3 Å². The van der Waals surface area contributed by atoms with E-state index in [4.69, 9.17) is 4.74 Å². The van der Waals surface area contributed by atoms with Gasteiger partial charge in [0, 0.05) is 17.3 Å². The van der Waals surface area contributed by atoms with Gasteiger partial charge in [-0.2, -0.15) is 0 Å². The molecule has 0 aromatic carbocycles. The Bertz CT molecular complexity index is 403. The summed E-state index contributed by atoms with van der Waals surface area (Å²) in [6.45, 7) is 8.29. The summed E-state index contributed by atoms with van der Waals surface area (Å²) in [4.78, 5) is 11.8. The molecule has 0 spiro atoms. The van der Waals surface area contributed by atoms with Crippen molar-refractivity contribution in [2.45, 2.75) is 51.7 Å². The number of carbonyl (C=O) groups is 1. The Morgan fingerprint density at radius 3 is 2.89 bits per heavy atom. The fourth-order valence-corrected chi connectivity index (χ4v) is 4.41. The zero-order valence-electron chi connectivity index (χ0n) is 11.2. The van der Waals surface area contributed by atoms with E-state index in [0.29, 0.717) is 5.92 Å². The van der Waals surface area contributed by atoms with Gasteiger partial charge < -0.3 is 9.84 Å². The first-order valence-corrected chi connectivity index (χ1v) is 7.01. The van der Waals surface area contributed by atoms with Gasteiger partial charge in [0.15, 0.2) is 0 Å². The first-order chi connectivity index (χ1) is 8.45. The van der Waals surface area contributed by atoms with Crippen LogP contribution in [0.1, 0.15) is 39.5 Å². The van der Waals surface area contributed by atoms with E-state index in [-0.39, 0.29) is 35.4 Å². The van der Waals surface area contributed by atoms with E-state index in [1.54, 1.807) is 0 Å². The minimum atomic E-state index is -0.288. The second kappa shape index (κ2) is 3.83. The number of carbonyl (C=O) groups excluding carboxylic acids is 1. The van der Waals surface area contributed by atoms with Gasteiger partial charge in [-0.1, -0.05) is 26.0 Å². The summed E-state index contributed by atoms with van der Waals surface area (Å²) >= 11 is 0. The van der Waals surface area contributed by atoms with Crippen LogP contribution in [0.3, 0.4) is 0 Å². The van der Waals surface area contributed by atoms with Crippen molar-refractivity contribution < 1.29 is 14.6 Å². The van der Waals surface area contributed by atoms with E-state index in [9.17, 15) is 9.90 Å². The van der Waals surface area contributed by atoms with Crippen LogP contribution in [0.4, 0.5) is 0 Å². The molecule has 0 aromatic rings. The van der Waals surface area contributed by atoms with Crippen molar-refractivity contribution >= 4 is 5.97 Å². The normalized spacial score (nSPS) is 51.6. The summed E-state index contributed by atoms with van der Waals surface area (Å²) in [6.07, 6.45) is 3.27. The average molecular weight is 250 g/mol. The highest BCUT2D eigenvalue weighted by Crippen LogP contribution is 2.57. The lowest BCUT2D eigenvalue weighted by Gasteiger charge is -2.52. The number of aliphatic hydroxyl groups is 1. The van der Waals surface area contributed by atoms with Crippen LogP contribution in [0.25, 0.3) is 0 Å². The number of hydrogen-bond acceptors (Lipinski definition) is 3. The third-order valence-electron chi connectivity index (χ3n) is 5.68. The molecular weight excluding hydrogens is 228 g/mol. The van der Waals surface area contributed by atoms with Crippen LogP contribution in [0.2, 0.25) is 0 Å². The van der Waals surface area contributed by atoms with Crippen LogP contribution in [0, 0.1) is 23.2 Å². The molecule has 2 aliphatic carbocycles. The van der Waals surface area contributed by atoms with Crippen molar-refractivity contribution in [3.8, 4) is 0 Å². The van der Waals surface area contributed by atoms with E-state index in [0.717, 1.165) is 25.7 Å². The second-order valence-corrected chi connectivity index (χ2v) is 6.59. The summed E-state index contributed by atoms with van der Waals surface area (Å²) in [5.41, 5.74) is 1.01. The van der Waals surface area contributed by atoms with E-state index >= 15 is 0 Å². The SMILES string of the molecule is C=C1CC[C@@H](O)[C@@]2(C)CC[C@H]3[C@@H](OC(=O)[C@H]3C)[C@H]12. The summed E-state index contributed by atoms with van der Waals surface area (Å²) in [5, 5.41) is 10.4. The Labute approximate surface area is 108 Å². The smallest absolute Gasteiger partial charge is 0.309 e. The van der Waals surface area contributed by atoms with E-state index < -0.39 is 0 Å². The molecule has 2 saturated carbocycles. The molecule has 3 fully saturated rings. The fourth-order valence-electron chi connectivity index (χ4n) is 4.41. The maximum absolute atomic E-state index is 11.8. The minimum Gasteiger partial charge on any atom is -0.461 e. The molecule has 0 amide bonds. The third kappa shape index (κ3) is 1.43. The van der Waals surface area contributed by atoms with Gasteiger partial charge in [0.25, 0.3) is 0 Å². The van der Waals surface area contributed by atoms with Crippen LogP contribution >= 0.6 is 0 Å².